The molecule has 0 bridgehead atoms. The summed E-state index contributed by atoms with van der Waals surface area (Å²) in [6, 6.07) is 4.63. The molecule has 4 heteroatoms. The molecule has 0 spiro atoms. The Morgan fingerprint density at radius 1 is 1.28 bits per heavy atom. The van der Waals surface area contributed by atoms with E-state index in [1.54, 1.807) is 0 Å². The minimum Gasteiger partial charge on any atom is -0.396 e. The van der Waals surface area contributed by atoms with Crippen molar-refractivity contribution in [1.82, 2.24) is 4.90 Å². The summed E-state index contributed by atoms with van der Waals surface area (Å²) in [6.07, 6.45) is 5.11. The molecule has 100 valence electrons. The van der Waals surface area contributed by atoms with Crippen LogP contribution >= 0.6 is 23.2 Å². The van der Waals surface area contributed by atoms with Gasteiger partial charge in [-0.25, -0.2) is 0 Å². The summed E-state index contributed by atoms with van der Waals surface area (Å²) in [4.78, 5) is 2.53. The molecule has 2 nitrogen and oxygen atoms in total. The van der Waals surface area contributed by atoms with Crippen LogP contribution in [0.1, 0.15) is 38.2 Å². The molecule has 2 N–H and O–H groups in total. The fraction of sp³-hybridized carbons (Fsp3) is 0.571. The molecule has 1 aliphatic carbocycles. The molecule has 1 fully saturated rings. The van der Waals surface area contributed by atoms with Crippen LogP contribution in [0.25, 0.3) is 0 Å². The van der Waals surface area contributed by atoms with Crippen molar-refractivity contribution in [2.24, 2.45) is 0 Å². The highest BCUT2D eigenvalue weighted by atomic mass is 35.5. The van der Waals surface area contributed by atoms with Gasteiger partial charge < -0.3 is 5.73 Å². The molecule has 1 aliphatic rings. The van der Waals surface area contributed by atoms with E-state index < -0.39 is 0 Å². The number of nitrogen functional groups attached to an aromatic ring is 1. The molecule has 0 saturated heterocycles. The lowest BCUT2D eigenvalue weighted by Gasteiger charge is -2.22. The van der Waals surface area contributed by atoms with E-state index >= 15 is 0 Å². The largest absolute Gasteiger partial charge is 0.396 e. The van der Waals surface area contributed by atoms with Gasteiger partial charge in [-0.2, -0.15) is 0 Å². The number of benzene rings is 1. The summed E-state index contributed by atoms with van der Waals surface area (Å²) >= 11 is 12.1. The van der Waals surface area contributed by atoms with Gasteiger partial charge in [-0.05, 0) is 43.5 Å². The van der Waals surface area contributed by atoms with E-state index in [4.69, 9.17) is 28.9 Å². The van der Waals surface area contributed by atoms with Gasteiger partial charge in [-0.1, -0.05) is 36.5 Å². The average molecular weight is 287 g/mol. The van der Waals surface area contributed by atoms with E-state index in [9.17, 15) is 0 Å². The zero-order valence-electron chi connectivity index (χ0n) is 10.8. The lowest BCUT2D eigenvalue weighted by atomic mass is 10.2. The molecule has 0 amide bonds. The number of anilines is 1. The van der Waals surface area contributed by atoms with E-state index in [1.165, 1.54) is 25.7 Å². The first kappa shape index (κ1) is 14.0. The molecule has 0 aromatic heterocycles. The second-order valence-electron chi connectivity index (χ2n) is 5.03. The van der Waals surface area contributed by atoms with Crippen molar-refractivity contribution >= 4 is 28.9 Å². The molecule has 1 saturated carbocycles. The lowest BCUT2D eigenvalue weighted by molar-refractivity contribution is 0.251. The van der Waals surface area contributed by atoms with Crippen LogP contribution in [0, 0.1) is 0 Å². The number of hydrogen-bond donors (Lipinski definition) is 1. The second kappa shape index (κ2) is 6.14. The molecular weight excluding hydrogens is 267 g/mol. The molecule has 0 heterocycles. The lowest BCUT2D eigenvalue weighted by Crippen LogP contribution is -2.26. The molecule has 0 radical (unpaired) electrons. The zero-order chi connectivity index (χ0) is 13.1. The third kappa shape index (κ3) is 3.53. The van der Waals surface area contributed by atoms with Crippen LogP contribution in [0.2, 0.25) is 10.0 Å². The Kier molecular flexibility index (Phi) is 4.77. The van der Waals surface area contributed by atoms with Crippen LogP contribution < -0.4 is 5.73 Å². The van der Waals surface area contributed by atoms with Crippen LogP contribution in [0.4, 0.5) is 5.69 Å². The van der Waals surface area contributed by atoms with Gasteiger partial charge >= 0.3 is 0 Å². The van der Waals surface area contributed by atoms with E-state index in [-0.39, 0.29) is 0 Å². The molecule has 0 unspecified atom stereocenters. The monoisotopic (exact) mass is 286 g/mol. The maximum atomic E-state index is 6.07. The Bertz CT molecular complexity index is 393. The first-order chi connectivity index (χ1) is 8.61. The standard InChI is InChI=1S/C14H20Cl2N2/c1-2-3-6-18(11-4-5-11)9-10-7-12(15)14(17)13(16)8-10/h7-8,11H,2-6,9,17H2,1H3. The van der Waals surface area contributed by atoms with Crippen molar-refractivity contribution in [1.29, 1.82) is 0 Å². The summed E-state index contributed by atoms with van der Waals surface area (Å²) in [5.74, 6) is 0. The highest BCUT2D eigenvalue weighted by molar-refractivity contribution is 6.38. The summed E-state index contributed by atoms with van der Waals surface area (Å²) in [5.41, 5.74) is 7.39. The summed E-state index contributed by atoms with van der Waals surface area (Å²) in [5, 5.41) is 1.12. The molecule has 0 atom stereocenters. The molecule has 2 rings (SSSR count). The van der Waals surface area contributed by atoms with Crippen LogP contribution in [-0.4, -0.2) is 17.5 Å². The van der Waals surface area contributed by atoms with Crippen molar-refractivity contribution in [2.75, 3.05) is 12.3 Å². The Hall–Kier alpha value is -0.440. The highest BCUT2D eigenvalue weighted by Gasteiger charge is 2.28. The number of nitrogens with zero attached hydrogens (tertiary/aromatic N) is 1. The maximum absolute atomic E-state index is 6.07. The maximum Gasteiger partial charge on any atom is 0.0693 e. The number of hydrogen-bond acceptors (Lipinski definition) is 2. The van der Waals surface area contributed by atoms with Crippen molar-refractivity contribution in [2.45, 2.75) is 45.2 Å². The van der Waals surface area contributed by atoms with Gasteiger partial charge in [0.15, 0.2) is 0 Å². The van der Waals surface area contributed by atoms with E-state index in [1.807, 2.05) is 12.1 Å². The predicted octanol–water partition coefficient (Wildman–Crippen LogP) is 4.34. The van der Waals surface area contributed by atoms with Gasteiger partial charge in [0.05, 0.1) is 15.7 Å². The summed E-state index contributed by atoms with van der Waals surface area (Å²) in [7, 11) is 0. The first-order valence-electron chi connectivity index (χ1n) is 6.59. The fourth-order valence-corrected chi connectivity index (χ4v) is 2.69. The quantitative estimate of drug-likeness (QED) is 0.789. The Balaban J connectivity index is 2.06. The van der Waals surface area contributed by atoms with Gasteiger partial charge in [0.25, 0.3) is 0 Å². The van der Waals surface area contributed by atoms with Gasteiger partial charge in [-0.3, -0.25) is 4.90 Å². The van der Waals surface area contributed by atoms with Crippen molar-refractivity contribution in [3.8, 4) is 0 Å². The molecule has 1 aromatic rings. The fourth-order valence-electron chi connectivity index (χ4n) is 2.15. The molecular formula is C14H20Cl2N2. The number of halogens is 2. The number of rotatable bonds is 6. The van der Waals surface area contributed by atoms with Gasteiger partial charge in [0.1, 0.15) is 0 Å². The SMILES string of the molecule is CCCCN(Cc1cc(Cl)c(N)c(Cl)c1)C1CC1. The van der Waals surface area contributed by atoms with Crippen molar-refractivity contribution in [3.63, 3.8) is 0 Å². The van der Waals surface area contributed by atoms with Crippen molar-refractivity contribution < 1.29 is 0 Å². The normalized spacial score (nSPS) is 15.3. The molecule has 0 aliphatic heterocycles. The number of nitrogens with two attached hydrogens (primary N) is 1. The Morgan fingerprint density at radius 2 is 1.89 bits per heavy atom. The number of unbranched alkanes of at least 4 members (excludes halogenated alkanes) is 1. The predicted molar refractivity (Wildman–Crippen MR) is 79.2 cm³/mol. The Labute approximate surface area is 119 Å². The molecule has 18 heavy (non-hydrogen) atoms. The Morgan fingerprint density at radius 3 is 2.39 bits per heavy atom. The zero-order valence-corrected chi connectivity index (χ0v) is 12.3. The minimum absolute atomic E-state index is 0.480. The average Bonchev–Trinajstić information content (AvgIpc) is 3.15. The summed E-state index contributed by atoms with van der Waals surface area (Å²) in [6.45, 7) is 4.30. The van der Waals surface area contributed by atoms with Gasteiger partial charge in [-0.15, -0.1) is 0 Å². The highest BCUT2D eigenvalue weighted by Crippen LogP contribution is 2.32. The van der Waals surface area contributed by atoms with Crippen molar-refractivity contribution in [3.05, 3.63) is 27.7 Å². The van der Waals surface area contributed by atoms with E-state index in [0.717, 1.165) is 24.7 Å². The summed E-state index contributed by atoms with van der Waals surface area (Å²) < 4.78 is 0. The van der Waals surface area contributed by atoms with E-state index in [0.29, 0.717) is 15.7 Å². The smallest absolute Gasteiger partial charge is 0.0693 e. The van der Waals surface area contributed by atoms with Crippen LogP contribution in [0.15, 0.2) is 12.1 Å². The van der Waals surface area contributed by atoms with Crippen LogP contribution in [-0.2, 0) is 6.54 Å². The van der Waals surface area contributed by atoms with E-state index in [2.05, 4.69) is 11.8 Å². The minimum atomic E-state index is 0.480. The molecule has 1 aromatic carbocycles. The second-order valence-corrected chi connectivity index (χ2v) is 5.84. The topological polar surface area (TPSA) is 29.3 Å². The van der Waals surface area contributed by atoms with Gasteiger partial charge in [0, 0.05) is 12.6 Å². The van der Waals surface area contributed by atoms with Crippen LogP contribution in [0.5, 0.6) is 0 Å². The first-order valence-corrected chi connectivity index (χ1v) is 7.35. The third-order valence-corrected chi connectivity index (χ3v) is 4.01. The third-order valence-electron chi connectivity index (χ3n) is 3.39. The van der Waals surface area contributed by atoms with Gasteiger partial charge in [0.2, 0.25) is 0 Å². The van der Waals surface area contributed by atoms with Crippen LogP contribution in [0.3, 0.4) is 0 Å².